The molecule has 2 aliphatic rings. The molecule has 0 saturated carbocycles. The number of piperidine rings is 1. The SMILES string of the molecule is O=C(C#Cc1ccc(C(=O)O)cn1)NCc1ccc2c(c1)CN(C1CCC(=O)NC1=O)C2=O. The Labute approximate surface area is 188 Å². The van der Waals surface area contributed by atoms with E-state index in [-0.39, 0.29) is 42.6 Å². The van der Waals surface area contributed by atoms with E-state index in [1.807, 2.05) is 0 Å². The van der Waals surface area contributed by atoms with Gasteiger partial charge in [-0.3, -0.25) is 24.5 Å². The van der Waals surface area contributed by atoms with Crippen LogP contribution in [0.1, 0.15) is 50.4 Å². The van der Waals surface area contributed by atoms with Crippen molar-refractivity contribution in [2.75, 3.05) is 0 Å². The summed E-state index contributed by atoms with van der Waals surface area (Å²) in [4.78, 5) is 64.4. The van der Waals surface area contributed by atoms with E-state index >= 15 is 0 Å². The molecule has 1 fully saturated rings. The average Bonchev–Trinajstić information content (AvgIpc) is 3.12. The van der Waals surface area contributed by atoms with Crippen molar-refractivity contribution >= 4 is 29.6 Å². The number of hydrogen-bond acceptors (Lipinski definition) is 6. The Morgan fingerprint density at radius 3 is 2.73 bits per heavy atom. The van der Waals surface area contributed by atoms with Crippen LogP contribution in [0, 0.1) is 11.8 Å². The van der Waals surface area contributed by atoms with Crippen molar-refractivity contribution in [1.82, 2.24) is 20.5 Å². The van der Waals surface area contributed by atoms with Gasteiger partial charge in [0.05, 0.1) is 5.56 Å². The molecule has 3 heterocycles. The van der Waals surface area contributed by atoms with Crippen LogP contribution in [0.5, 0.6) is 0 Å². The number of nitrogens with one attached hydrogen (secondary N) is 2. The molecule has 1 saturated heterocycles. The maximum atomic E-state index is 12.7. The van der Waals surface area contributed by atoms with Crippen LogP contribution >= 0.6 is 0 Å². The highest BCUT2D eigenvalue weighted by atomic mass is 16.4. The van der Waals surface area contributed by atoms with Crippen LogP contribution in [0.15, 0.2) is 36.5 Å². The number of aromatic carboxylic acids is 1. The summed E-state index contributed by atoms with van der Waals surface area (Å²) in [5, 5.41) is 13.8. The molecule has 4 amide bonds. The summed E-state index contributed by atoms with van der Waals surface area (Å²) in [5.74, 6) is 2.25. The molecule has 1 aromatic carbocycles. The van der Waals surface area contributed by atoms with Gasteiger partial charge in [0.15, 0.2) is 0 Å². The summed E-state index contributed by atoms with van der Waals surface area (Å²) in [5.41, 5.74) is 2.28. The molecule has 3 N–H and O–H groups in total. The number of aromatic nitrogens is 1. The van der Waals surface area contributed by atoms with Gasteiger partial charge in [0, 0.05) is 37.2 Å². The highest BCUT2D eigenvalue weighted by molar-refractivity contribution is 6.05. The van der Waals surface area contributed by atoms with Crippen LogP contribution in [0.4, 0.5) is 0 Å². The number of rotatable bonds is 4. The number of carboxylic acids is 1. The minimum atomic E-state index is -1.10. The molecule has 0 spiro atoms. The summed E-state index contributed by atoms with van der Waals surface area (Å²) < 4.78 is 0. The van der Waals surface area contributed by atoms with Crippen molar-refractivity contribution in [2.24, 2.45) is 0 Å². The first kappa shape index (κ1) is 21.7. The van der Waals surface area contributed by atoms with Crippen LogP contribution in [-0.4, -0.2) is 50.6 Å². The standard InChI is InChI=1S/C23H18N4O6/c28-19(7-4-16-3-2-14(11-24-16)23(32)33)25-10-13-1-5-17-15(9-13)12-27(22(17)31)18-6-8-20(29)26-21(18)30/h1-3,5,9,11,18H,6,8,10,12H2,(H,25,28)(H,32,33)(H,26,29,30). The van der Waals surface area contributed by atoms with Gasteiger partial charge in [0.1, 0.15) is 11.7 Å². The molecular weight excluding hydrogens is 428 g/mol. The molecule has 0 bridgehead atoms. The van der Waals surface area contributed by atoms with E-state index in [9.17, 15) is 24.0 Å². The quantitative estimate of drug-likeness (QED) is 0.449. The summed E-state index contributed by atoms with van der Waals surface area (Å²) in [6.07, 6.45) is 1.64. The molecule has 33 heavy (non-hydrogen) atoms. The second-order valence-corrected chi connectivity index (χ2v) is 7.56. The van der Waals surface area contributed by atoms with Crippen molar-refractivity contribution in [3.8, 4) is 11.8 Å². The van der Waals surface area contributed by atoms with E-state index in [2.05, 4.69) is 27.5 Å². The van der Waals surface area contributed by atoms with Gasteiger partial charge >= 0.3 is 5.97 Å². The lowest BCUT2D eigenvalue weighted by Crippen LogP contribution is -2.52. The summed E-state index contributed by atoms with van der Waals surface area (Å²) in [7, 11) is 0. The van der Waals surface area contributed by atoms with E-state index in [0.717, 1.165) is 17.3 Å². The van der Waals surface area contributed by atoms with Crippen molar-refractivity contribution in [3.05, 3.63) is 64.5 Å². The number of benzene rings is 1. The number of carbonyl (C=O) groups is 5. The monoisotopic (exact) mass is 446 g/mol. The molecule has 2 aliphatic heterocycles. The highest BCUT2D eigenvalue weighted by Gasteiger charge is 2.39. The molecule has 4 rings (SSSR count). The van der Waals surface area contributed by atoms with Gasteiger partial charge in [-0.05, 0) is 41.7 Å². The Morgan fingerprint density at radius 1 is 1.21 bits per heavy atom. The first-order valence-electron chi connectivity index (χ1n) is 10.1. The summed E-state index contributed by atoms with van der Waals surface area (Å²) in [6.45, 7) is 0.429. The Hall–Kier alpha value is -4.52. The third kappa shape index (κ3) is 4.72. The van der Waals surface area contributed by atoms with Crippen molar-refractivity contribution in [2.45, 2.75) is 32.0 Å². The maximum Gasteiger partial charge on any atom is 0.337 e. The first-order chi connectivity index (χ1) is 15.8. The normalized spacial score (nSPS) is 17.0. The number of nitrogens with zero attached hydrogens (tertiary/aromatic N) is 2. The zero-order valence-corrected chi connectivity index (χ0v) is 17.3. The van der Waals surface area contributed by atoms with Crippen LogP contribution in [0.25, 0.3) is 0 Å². The fourth-order valence-corrected chi connectivity index (χ4v) is 3.68. The molecule has 10 heteroatoms. The predicted molar refractivity (Wildman–Crippen MR) is 112 cm³/mol. The smallest absolute Gasteiger partial charge is 0.337 e. The number of amides is 4. The van der Waals surface area contributed by atoms with Crippen molar-refractivity contribution in [3.63, 3.8) is 0 Å². The lowest BCUT2D eigenvalue weighted by molar-refractivity contribution is -0.137. The number of carboxylic acid groups (broad SMARTS) is 1. The van der Waals surface area contributed by atoms with E-state index in [1.54, 1.807) is 18.2 Å². The fraction of sp³-hybridized carbons (Fsp3) is 0.217. The van der Waals surface area contributed by atoms with E-state index < -0.39 is 23.8 Å². The van der Waals surface area contributed by atoms with Gasteiger partial charge in [-0.25, -0.2) is 9.78 Å². The zero-order valence-electron chi connectivity index (χ0n) is 17.3. The first-order valence-corrected chi connectivity index (χ1v) is 10.1. The number of hydrogen-bond donors (Lipinski definition) is 3. The summed E-state index contributed by atoms with van der Waals surface area (Å²) in [6, 6.07) is 7.24. The van der Waals surface area contributed by atoms with Crippen LogP contribution in [-0.2, 0) is 27.5 Å². The minimum absolute atomic E-state index is 0.0243. The number of carbonyl (C=O) groups excluding carboxylic acids is 4. The third-order valence-corrected chi connectivity index (χ3v) is 5.36. The van der Waals surface area contributed by atoms with E-state index in [4.69, 9.17) is 5.11 Å². The lowest BCUT2D eigenvalue weighted by Gasteiger charge is -2.29. The van der Waals surface area contributed by atoms with Gasteiger partial charge in [-0.2, -0.15) is 0 Å². The van der Waals surface area contributed by atoms with Gasteiger partial charge in [-0.1, -0.05) is 12.1 Å². The fourth-order valence-electron chi connectivity index (χ4n) is 3.68. The molecule has 0 aliphatic carbocycles. The topological polar surface area (TPSA) is 146 Å². The van der Waals surface area contributed by atoms with Crippen LogP contribution in [0.2, 0.25) is 0 Å². The second kappa shape index (κ2) is 8.92. The van der Waals surface area contributed by atoms with Crippen LogP contribution in [0.3, 0.4) is 0 Å². The van der Waals surface area contributed by atoms with E-state index in [0.29, 0.717) is 12.0 Å². The third-order valence-electron chi connectivity index (χ3n) is 5.36. The lowest BCUT2D eigenvalue weighted by atomic mass is 10.0. The highest BCUT2D eigenvalue weighted by Crippen LogP contribution is 2.28. The van der Waals surface area contributed by atoms with Crippen molar-refractivity contribution < 1.29 is 29.1 Å². The molecule has 1 unspecified atom stereocenters. The Morgan fingerprint density at radius 2 is 2.03 bits per heavy atom. The number of imide groups is 1. The van der Waals surface area contributed by atoms with Gasteiger partial charge < -0.3 is 15.3 Å². The Balaban J connectivity index is 1.37. The largest absolute Gasteiger partial charge is 0.478 e. The predicted octanol–water partition coefficient (Wildman–Crippen LogP) is 0.209. The maximum absolute atomic E-state index is 12.7. The van der Waals surface area contributed by atoms with Gasteiger partial charge in [0.2, 0.25) is 11.8 Å². The summed E-state index contributed by atoms with van der Waals surface area (Å²) >= 11 is 0. The van der Waals surface area contributed by atoms with Gasteiger partial charge in [0.25, 0.3) is 11.8 Å². The number of fused-ring (bicyclic) bond motifs is 1. The zero-order chi connectivity index (χ0) is 23.5. The van der Waals surface area contributed by atoms with Crippen molar-refractivity contribution in [1.29, 1.82) is 0 Å². The average molecular weight is 446 g/mol. The molecule has 166 valence electrons. The molecule has 10 nitrogen and oxygen atoms in total. The van der Waals surface area contributed by atoms with Gasteiger partial charge in [-0.15, -0.1) is 0 Å². The molecule has 0 radical (unpaired) electrons. The molecular formula is C23H18N4O6. The van der Waals surface area contributed by atoms with E-state index in [1.165, 1.54) is 17.0 Å². The molecule has 1 aromatic heterocycles. The van der Waals surface area contributed by atoms with Crippen LogP contribution < -0.4 is 10.6 Å². The molecule has 2 aromatic rings. The Bertz CT molecular complexity index is 1240. The number of pyridine rings is 1. The molecule has 1 atom stereocenters. The minimum Gasteiger partial charge on any atom is -0.478 e. The Kier molecular flexibility index (Phi) is 5.87. The second-order valence-electron chi connectivity index (χ2n) is 7.56.